The first kappa shape index (κ1) is 30.8. The van der Waals surface area contributed by atoms with Crippen molar-refractivity contribution in [2.24, 2.45) is 17.8 Å². The van der Waals surface area contributed by atoms with E-state index in [9.17, 15) is 38.8 Å². The van der Waals surface area contributed by atoms with Gasteiger partial charge < -0.3 is 9.84 Å². The number of anilines is 2. The minimum atomic E-state index is -2.27. The smallest absolute Gasteiger partial charge is 0.271 e. The number of methoxy groups -OCH3 is 1. The Bertz CT molecular complexity index is 1950. The van der Waals surface area contributed by atoms with E-state index in [1.54, 1.807) is 6.08 Å². The van der Waals surface area contributed by atoms with Gasteiger partial charge in [0.2, 0.25) is 11.8 Å². The van der Waals surface area contributed by atoms with Crippen molar-refractivity contribution < 1.29 is 38.3 Å². The number of rotatable bonds is 5. The second kappa shape index (κ2) is 10.6. The summed E-state index contributed by atoms with van der Waals surface area (Å²) in [6, 6.07) is 14.2. The van der Waals surface area contributed by atoms with Gasteiger partial charge in [0, 0.05) is 23.6 Å². The van der Waals surface area contributed by atoms with Gasteiger partial charge in [0.15, 0.2) is 9.75 Å². The fourth-order valence-corrected chi connectivity index (χ4v) is 8.63. The summed E-state index contributed by atoms with van der Waals surface area (Å²) in [6.45, 7) is 0. The molecule has 14 heteroatoms. The summed E-state index contributed by atoms with van der Waals surface area (Å²) in [7, 11) is 1.35. The summed E-state index contributed by atoms with van der Waals surface area (Å²) < 4.78 is 19.4. The lowest BCUT2D eigenvalue weighted by Gasteiger charge is -2.50. The van der Waals surface area contributed by atoms with E-state index in [1.807, 2.05) is 0 Å². The number of imide groups is 2. The molecule has 2 aliphatic heterocycles. The second-order valence-electron chi connectivity index (χ2n) is 11.9. The monoisotopic (exact) mass is 679 g/mol. The van der Waals surface area contributed by atoms with Crippen LogP contribution in [-0.4, -0.2) is 50.5 Å². The number of halogens is 3. The Hall–Kier alpha value is -4.81. The van der Waals surface area contributed by atoms with E-state index < -0.39 is 67.8 Å². The number of fused-ring (bicyclic) bond motifs is 4. The molecule has 0 spiro atoms. The third-order valence-electron chi connectivity index (χ3n) is 9.75. The van der Waals surface area contributed by atoms with Crippen LogP contribution in [0.1, 0.15) is 24.3 Å². The number of allylic oxidation sites excluding steroid dienone is 2. The van der Waals surface area contributed by atoms with Crippen LogP contribution in [0.15, 0.2) is 78.4 Å². The zero-order valence-corrected chi connectivity index (χ0v) is 25.9. The van der Waals surface area contributed by atoms with Crippen LogP contribution < -0.4 is 14.5 Å². The zero-order valence-electron chi connectivity index (χ0n) is 24.4. The van der Waals surface area contributed by atoms with Crippen molar-refractivity contribution in [3.63, 3.8) is 0 Å². The molecule has 6 atom stereocenters. The summed E-state index contributed by atoms with van der Waals surface area (Å²) in [5.74, 6) is -8.13. The number of aromatic hydroxyl groups is 1. The molecule has 1 N–H and O–H groups in total. The highest BCUT2D eigenvalue weighted by Crippen LogP contribution is 2.67. The summed E-state index contributed by atoms with van der Waals surface area (Å²) in [6.07, 6.45) is 1.37. The molecule has 1 saturated carbocycles. The lowest BCUT2D eigenvalue weighted by Crippen LogP contribution is -2.60. The molecule has 3 aromatic carbocycles. The summed E-state index contributed by atoms with van der Waals surface area (Å²) >= 11 is 14.7. The topological polar surface area (TPSA) is 147 Å². The number of amides is 4. The van der Waals surface area contributed by atoms with Gasteiger partial charge >= 0.3 is 0 Å². The molecule has 2 aliphatic carbocycles. The fourth-order valence-electron chi connectivity index (χ4n) is 7.72. The van der Waals surface area contributed by atoms with E-state index in [4.69, 9.17) is 27.9 Å². The number of nitrogens with zero attached hydrogens (tertiary/aromatic N) is 3. The average Bonchev–Trinajstić information content (AvgIpc) is 3.39. The van der Waals surface area contributed by atoms with Gasteiger partial charge in [0.1, 0.15) is 17.3 Å². The van der Waals surface area contributed by atoms with Crippen molar-refractivity contribution >= 4 is 63.9 Å². The maximum Gasteiger partial charge on any atom is 0.271 e. The highest BCUT2D eigenvalue weighted by atomic mass is 35.5. The van der Waals surface area contributed by atoms with Crippen LogP contribution in [-0.2, 0) is 19.2 Å². The molecule has 3 aromatic rings. The van der Waals surface area contributed by atoms with Crippen molar-refractivity contribution in [2.75, 3.05) is 16.9 Å². The number of benzene rings is 3. The molecule has 0 bridgehead atoms. The maximum atomic E-state index is 14.5. The van der Waals surface area contributed by atoms with Gasteiger partial charge in [-0.1, -0.05) is 23.8 Å². The number of nitro groups is 1. The average molecular weight is 680 g/mol. The number of carbonyl (C=O) groups excluding carboxylic acids is 4. The Morgan fingerprint density at radius 2 is 1.64 bits per heavy atom. The van der Waals surface area contributed by atoms with Crippen molar-refractivity contribution in [1.82, 2.24) is 0 Å². The summed E-state index contributed by atoms with van der Waals surface area (Å²) in [5, 5.41) is 22.7. The first-order chi connectivity index (χ1) is 22.3. The summed E-state index contributed by atoms with van der Waals surface area (Å²) in [5.41, 5.74) is 0.170. The van der Waals surface area contributed by atoms with E-state index in [0.717, 1.165) is 28.0 Å². The maximum absolute atomic E-state index is 14.5. The van der Waals surface area contributed by atoms with Crippen molar-refractivity contribution in [3.05, 3.63) is 99.9 Å². The summed E-state index contributed by atoms with van der Waals surface area (Å²) in [4.78, 5) is 64.8. The molecule has 240 valence electrons. The highest BCUT2D eigenvalue weighted by Gasteiger charge is 2.77. The number of non-ortho nitro benzene ring substituents is 1. The van der Waals surface area contributed by atoms with Crippen LogP contribution in [0.5, 0.6) is 11.5 Å². The molecule has 4 amide bonds. The number of phenols is 1. The molecule has 2 saturated heterocycles. The number of hydrogen-bond donors (Lipinski definition) is 1. The number of alkyl halides is 2. The lowest BCUT2D eigenvalue weighted by atomic mass is 9.56. The third-order valence-corrected chi connectivity index (χ3v) is 11.2. The van der Waals surface area contributed by atoms with Gasteiger partial charge in [-0.25, -0.2) is 14.2 Å². The number of nitro benzene ring substituents is 1. The van der Waals surface area contributed by atoms with Crippen LogP contribution in [0.4, 0.5) is 21.5 Å². The quantitative estimate of drug-likeness (QED) is 0.127. The predicted octanol–water partition coefficient (Wildman–Crippen LogP) is 5.22. The molecule has 47 heavy (non-hydrogen) atoms. The Labute approximate surface area is 276 Å². The lowest BCUT2D eigenvalue weighted by molar-refractivity contribution is -0.384. The van der Waals surface area contributed by atoms with Crippen LogP contribution in [0, 0.1) is 33.7 Å². The zero-order chi connectivity index (χ0) is 33.6. The molecular formula is C33H24Cl2FN3O8. The molecule has 7 rings (SSSR count). The Morgan fingerprint density at radius 1 is 0.936 bits per heavy atom. The van der Waals surface area contributed by atoms with E-state index >= 15 is 0 Å². The molecule has 4 aliphatic rings. The van der Waals surface area contributed by atoms with Gasteiger partial charge in [0.05, 0.1) is 35.2 Å². The van der Waals surface area contributed by atoms with Crippen molar-refractivity contribution in [3.8, 4) is 11.5 Å². The Morgan fingerprint density at radius 3 is 2.32 bits per heavy atom. The van der Waals surface area contributed by atoms with Gasteiger partial charge in [-0.3, -0.25) is 29.3 Å². The largest absolute Gasteiger partial charge is 0.508 e. The first-order valence-electron chi connectivity index (χ1n) is 14.6. The van der Waals surface area contributed by atoms with Crippen LogP contribution >= 0.6 is 23.2 Å². The molecule has 3 fully saturated rings. The van der Waals surface area contributed by atoms with Crippen LogP contribution in [0.3, 0.4) is 0 Å². The Balaban J connectivity index is 1.41. The molecule has 0 radical (unpaired) electrons. The standard InChI is InChI=1S/C33H24Cl2FN3O8/c1-47-24-7-3-6-23(40)26(24)27-20-12-13-21-25(29(42)37(28(21)41)18-4-2-5-19(14-18)39(45)46)22(20)15-32(34)30(43)38(31(44)33(27,32)35)17-10-8-16(36)9-11-17/h2-12,14,21-22,25,27,40H,13,15H2,1H3/t21-,22+,25-,27+,32+,33-/m0/s1. The number of hydrogen-bond acceptors (Lipinski definition) is 8. The minimum Gasteiger partial charge on any atom is -0.508 e. The second-order valence-corrected chi connectivity index (χ2v) is 13.2. The van der Waals surface area contributed by atoms with Gasteiger partial charge in [0.25, 0.3) is 17.5 Å². The number of phenolic OH excluding ortho intramolecular Hbond substituents is 1. The van der Waals surface area contributed by atoms with Crippen LogP contribution in [0.25, 0.3) is 0 Å². The van der Waals surface area contributed by atoms with Crippen molar-refractivity contribution in [2.45, 2.75) is 28.5 Å². The minimum absolute atomic E-state index is 0.0117. The molecule has 0 aromatic heterocycles. The Kier molecular flexibility index (Phi) is 6.96. The first-order valence-corrected chi connectivity index (χ1v) is 15.3. The van der Waals surface area contributed by atoms with Crippen molar-refractivity contribution in [1.29, 1.82) is 0 Å². The third kappa shape index (κ3) is 4.10. The van der Waals surface area contributed by atoms with Gasteiger partial charge in [-0.2, -0.15) is 0 Å². The van der Waals surface area contributed by atoms with Gasteiger partial charge in [-0.05, 0) is 61.2 Å². The highest BCUT2D eigenvalue weighted by molar-refractivity contribution is 6.58. The molecule has 2 heterocycles. The van der Waals surface area contributed by atoms with E-state index in [0.29, 0.717) is 5.57 Å². The number of ether oxygens (including phenoxy) is 1. The number of carbonyl (C=O) groups is 4. The van der Waals surface area contributed by atoms with E-state index in [-0.39, 0.29) is 47.0 Å². The molecular weight excluding hydrogens is 656 g/mol. The fraction of sp³-hybridized carbons (Fsp3) is 0.273. The normalized spacial score (nSPS) is 29.7. The SMILES string of the molecule is COc1cccc(O)c1[C@H]1C2=CC[C@@H]3C(=O)N(c4cccc([N+](=O)[O-])c4)C(=O)[C@@H]3[C@@H]2C[C@@]2(Cl)C(=O)N(c3ccc(F)cc3)C(=O)[C@@]12Cl. The predicted molar refractivity (Wildman–Crippen MR) is 167 cm³/mol. The molecule has 0 unspecified atom stereocenters. The molecule has 11 nitrogen and oxygen atoms in total. The van der Waals surface area contributed by atoms with E-state index in [2.05, 4.69) is 0 Å². The van der Waals surface area contributed by atoms with Gasteiger partial charge in [-0.15, -0.1) is 23.2 Å². The van der Waals surface area contributed by atoms with Crippen LogP contribution in [0.2, 0.25) is 0 Å². The van der Waals surface area contributed by atoms with E-state index in [1.165, 1.54) is 55.6 Å².